The summed E-state index contributed by atoms with van der Waals surface area (Å²) in [7, 11) is -3.24. The van der Waals surface area contributed by atoms with Gasteiger partial charge in [-0.3, -0.25) is 4.79 Å². The van der Waals surface area contributed by atoms with E-state index in [0.717, 1.165) is 12.8 Å². The minimum absolute atomic E-state index is 0.0120. The number of rotatable bonds is 6. The molecule has 2 fully saturated rings. The number of aromatic nitrogens is 2. The van der Waals surface area contributed by atoms with Crippen molar-refractivity contribution >= 4 is 21.9 Å². The zero-order chi connectivity index (χ0) is 17.2. The first-order chi connectivity index (χ1) is 11.4. The lowest BCUT2D eigenvalue weighted by molar-refractivity contribution is -0.131. The molecule has 1 aromatic heterocycles. The van der Waals surface area contributed by atoms with Crippen molar-refractivity contribution in [3.63, 3.8) is 0 Å². The van der Waals surface area contributed by atoms with Crippen LogP contribution < -0.4 is 4.90 Å². The van der Waals surface area contributed by atoms with E-state index in [1.807, 2.05) is 0 Å². The Morgan fingerprint density at radius 1 is 1.21 bits per heavy atom. The second-order valence-corrected chi connectivity index (χ2v) is 8.21. The Labute approximate surface area is 142 Å². The summed E-state index contributed by atoms with van der Waals surface area (Å²) in [5, 5.41) is 0. The fraction of sp³-hybridized carbons (Fsp3) is 0.667. The van der Waals surface area contributed by atoms with Crippen LogP contribution in [0.3, 0.4) is 0 Å². The van der Waals surface area contributed by atoms with Crippen molar-refractivity contribution in [2.75, 3.05) is 43.9 Å². The van der Waals surface area contributed by atoms with E-state index in [9.17, 15) is 13.2 Å². The summed E-state index contributed by atoms with van der Waals surface area (Å²) in [5.41, 5.74) is 0. The van der Waals surface area contributed by atoms with Gasteiger partial charge in [0.05, 0.1) is 6.26 Å². The normalized spacial score (nSPS) is 18.9. The fourth-order valence-electron chi connectivity index (χ4n) is 2.96. The zero-order valence-electron chi connectivity index (χ0n) is 13.8. The summed E-state index contributed by atoms with van der Waals surface area (Å²) in [5.74, 6) is 0.694. The quantitative estimate of drug-likeness (QED) is 0.712. The van der Waals surface area contributed by atoms with E-state index in [2.05, 4.69) is 14.9 Å². The molecule has 1 saturated heterocycles. The molecule has 24 heavy (non-hydrogen) atoms. The van der Waals surface area contributed by atoms with Gasteiger partial charge in [0.25, 0.3) is 0 Å². The SMILES string of the molecule is CS(=O)(=O)N(CCC(=O)N1CCN(c2ncccn2)CC1)C1CC1. The average Bonchev–Trinajstić information content (AvgIpc) is 3.39. The zero-order valence-corrected chi connectivity index (χ0v) is 14.7. The lowest BCUT2D eigenvalue weighted by atomic mass is 10.3. The Balaban J connectivity index is 1.48. The molecule has 8 nitrogen and oxygen atoms in total. The van der Waals surface area contributed by atoms with Crippen molar-refractivity contribution in [3.05, 3.63) is 18.5 Å². The van der Waals surface area contributed by atoms with E-state index in [1.165, 1.54) is 10.6 Å². The molecule has 1 aliphatic heterocycles. The Kier molecular flexibility index (Phi) is 5.00. The Morgan fingerprint density at radius 3 is 2.38 bits per heavy atom. The maximum absolute atomic E-state index is 12.4. The molecule has 0 aromatic carbocycles. The van der Waals surface area contributed by atoms with Crippen LogP contribution >= 0.6 is 0 Å². The van der Waals surface area contributed by atoms with Gasteiger partial charge in [0.15, 0.2) is 0 Å². The minimum atomic E-state index is -3.24. The third-order valence-electron chi connectivity index (χ3n) is 4.39. The molecule has 0 unspecified atom stereocenters. The van der Waals surface area contributed by atoms with E-state index in [-0.39, 0.29) is 24.9 Å². The first-order valence-corrected chi connectivity index (χ1v) is 10.1. The molecule has 1 aromatic rings. The third-order valence-corrected chi connectivity index (χ3v) is 5.73. The van der Waals surface area contributed by atoms with Crippen LogP contribution in [0, 0.1) is 0 Å². The predicted octanol–water partition coefficient (Wildman–Crippen LogP) is -0.0607. The Hall–Kier alpha value is -1.74. The molecule has 2 heterocycles. The molecule has 0 spiro atoms. The summed E-state index contributed by atoms with van der Waals surface area (Å²) in [6.07, 6.45) is 6.67. The highest BCUT2D eigenvalue weighted by Gasteiger charge is 2.35. The molecule has 2 aliphatic rings. The summed E-state index contributed by atoms with van der Waals surface area (Å²) >= 11 is 0. The number of piperazine rings is 1. The van der Waals surface area contributed by atoms with E-state index >= 15 is 0 Å². The topological polar surface area (TPSA) is 86.7 Å². The number of anilines is 1. The lowest BCUT2D eigenvalue weighted by Gasteiger charge is -2.35. The van der Waals surface area contributed by atoms with Gasteiger partial charge in [0.2, 0.25) is 21.9 Å². The standard InChI is InChI=1S/C15H23N5O3S/c1-24(22,23)20(13-3-4-13)8-5-14(21)18-9-11-19(12-10-18)15-16-6-2-7-17-15/h2,6-7,13H,3-5,8-12H2,1H3. The van der Waals surface area contributed by atoms with Crippen LogP contribution in [-0.2, 0) is 14.8 Å². The third kappa shape index (κ3) is 4.21. The van der Waals surface area contributed by atoms with Gasteiger partial charge in [-0.25, -0.2) is 18.4 Å². The molecule has 0 radical (unpaired) electrons. The van der Waals surface area contributed by atoms with Gasteiger partial charge in [0, 0.05) is 57.6 Å². The van der Waals surface area contributed by atoms with Crippen molar-refractivity contribution < 1.29 is 13.2 Å². The second-order valence-electron chi connectivity index (χ2n) is 6.27. The molecule has 3 rings (SSSR count). The van der Waals surface area contributed by atoms with Crippen LogP contribution in [0.2, 0.25) is 0 Å². The van der Waals surface area contributed by atoms with Crippen LogP contribution in [0.1, 0.15) is 19.3 Å². The van der Waals surface area contributed by atoms with Gasteiger partial charge in [0.1, 0.15) is 0 Å². The summed E-state index contributed by atoms with van der Waals surface area (Å²) in [4.78, 5) is 24.7. The summed E-state index contributed by atoms with van der Waals surface area (Å²) in [6, 6.07) is 1.87. The second kappa shape index (κ2) is 7.02. The van der Waals surface area contributed by atoms with Gasteiger partial charge < -0.3 is 9.80 Å². The van der Waals surface area contributed by atoms with Gasteiger partial charge in [-0.2, -0.15) is 4.31 Å². The number of hydrogen-bond donors (Lipinski definition) is 0. The van der Waals surface area contributed by atoms with Gasteiger partial charge >= 0.3 is 0 Å². The monoisotopic (exact) mass is 353 g/mol. The summed E-state index contributed by atoms with van der Waals surface area (Å²) < 4.78 is 25.0. The highest BCUT2D eigenvalue weighted by atomic mass is 32.2. The first kappa shape index (κ1) is 17.1. The van der Waals surface area contributed by atoms with E-state index in [1.54, 1.807) is 23.4 Å². The van der Waals surface area contributed by atoms with Gasteiger partial charge in [-0.05, 0) is 18.9 Å². The molecule has 132 valence electrons. The molecule has 1 aliphatic carbocycles. The largest absolute Gasteiger partial charge is 0.339 e. The molecule has 0 bridgehead atoms. The van der Waals surface area contributed by atoms with Crippen molar-refractivity contribution in [1.29, 1.82) is 0 Å². The van der Waals surface area contributed by atoms with Crippen LogP contribution in [0.25, 0.3) is 0 Å². The van der Waals surface area contributed by atoms with Crippen molar-refractivity contribution in [3.8, 4) is 0 Å². The van der Waals surface area contributed by atoms with Crippen molar-refractivity contribution in [2.45, 2.75) is 25.3 Å². The Bertz CT molecular complexity index is 670. The van der Waals surface area contributed by atoms with E-state index in [4.69, 9.17) is 0 Å². The number of nitrogens with zero attached hydrogens (tertiary/aromatic N) is 5. The van der Waals surface area contributed by atoms with Crippen LogP contribution in [-0.4, -0.2) is 78.5 Å². The van der Waals surface area contributed by atoms with E-state index in [0.29, 0.717) is 32.1 Å². The van der Waals surface area contributed by atoms with E-state index < -0.39 is 10.0 Å². The first-order valence-electron chi connectivity index (χ1n) is 8.22. The molecule has 1 amide bonds. The number of carbonyl (C=O) groups is 1. The number of carbonyl (C=O) groups excluding carboxylic acids is 1. The highest BCUT2D eigenvalue weighted by Crippen LogP contribution is 2.29. The maximum Gasteiger partial charge on any atom is 0.225 e. The van der Waals surface area contributed by atoms with Crippen molar-refractivity contribution in [2.24, 2.45) is 0 Å². The Morgan fingerprint density at radius 2 is 1.83 bits per heavy atom. The summed E-state index contributed by atoms with van der Waals surface area (Å²) in [6.45, 7) is 2.88. The maximum atomic E-state index is 12.4. The van der Waals surface area contributed by atoms with Crippen molar-refractivity contribution in [1.82, 2.24) is 19.2 Å². The highest BCUT2D eigenvalue weighted by molar-refractivity contribution is 7.88. The van der Waals surface area contributed by atoms with Crippen LogP contribution in [0.4, 0.5) is 5.95 Å². The van der Waals surface area contributed by atoms with Crippen LogP contribution in [0.15, 0.2) is 18.5 Å². The molecule has 9 heteroatoms. The van der Waals surface area contributed by atoms with Crippen LogP contribution in [0.5, 0.6) is 0 Å². The average molecular weight is 353 g/mol. The lowest BCUT2D eigenvalue weighted by Crippen LogP contribution is -2.50. The molecule has 0 N–H and O–H groups in total. The molecular weight excluding hydrogens is 330 g/mol. The number of hydrogen-bond acceptors (Lipinski definition) is 6. The smallest absolute Gasteiger partial charge is 0.225 e. The van der Waals surface area contributed by atoms with Gasteiger partial charge in [-0.15, -0.1) is 0 Å². The minimum Gasteiger partial charge on any atom is -0.339 e. The molecule has 1 saturated carbocycles. The fourth-order valence-corrected chi connectivity index (χ4v) is 4.13. The predicted molar refractivity (Wildman–Crippen MR) is 90.0 cm³/mol. The molecular formula is C15H23N5O3S. The van der Waals surface area contributed by atoms with Gasteiger partial charge in [-0.1, -0.05) is 0 Å². The number of sulfonamides is 1. The number of amides is 1. The molecule has 0 atom stereocenters.